The molecule has 0 fully saturated rings. The van der Waals surface area contributed by atoms with E-state index in [1.54, 1.807) is 0 Å². The van der Waals surface area contributed by atoms with Crippen LogP contribution in [0.1, 0.15) is 26.3 Å². The number of fused-ring (bicyclic) bond motifs is 13. The molecule has 0 saturated heterocycles. The molecule has 394 valence electrons. The second-order valence-corrected chi connectivity index (χ2v) is 22.5. The zero-order valence-electron chi connectivity index (χ0n) is 46.1. The zero-order valence-corrected chi connectivity index (χ0v) is 46.1. The Morgan fingerprint density at radius 3 is 1.49 bits per heavy atom. The number of nitrogens with zero attached hydrogens (tertiary/aromatic N) is 6. The van der Waals surface area contributed by atoms with E-state index in [-0.39, 0.29) is 5.41 Å². The Balaban J connectivity index is 0.947. The van der Waals surface area contributed by atoms with Crippen LogP contribution in [0, 0.1) is 6.33 Å². The summed E-state index contributed by atoms with van der Waals surface area (Å²) in [6, 6.07) is 95.2. The molecule has 0 N–H and O–H groups in total. The standard InChI is InChI=1S/C76H54N6O/c1-76(2,3)52-44-45-77-68(46-52)82-67-48-57(83-56-33-22-32-55(47-56)78-49-79(66-41-21-20-40-65(66)78)72-58(50-24-8-4-9-25-50)36-23-37-59(72)51-26-10-5-11-27-51)42-43-62(67)71-74-69(60-34-16-18-38-63(60)81(74)54-30-14-7-15-31-54)73-70(75(71)82)61-35-17-19-39-64(61)80(73)53-28-12-6-13-29-53/h4-48H,1-3H3. The maximum Gasteiger partial charge on any atom is 0.269 e. The van der Waals surface area contributed by atoms with Gasteiger partial charge in [0.1, 0.15) is 17.3 Å². The first-order chi connectivity index (χ1) is 40.9. The van der Waals surface area contributed by atoms with Crippen LogP contribution in [-0.4, -0.2) is 23.3 Å². The molecule has 0 aliphatic carbocycles. The van der Waals surface area contributed by atoms with Crippen molar-refractivity contribution < 1.29 is 9.30 Å². The third-order valence-electron chi connectivity index (χ3n) is 16.6. The maximum atomic E-state index is 7.14. The van der Waals surface area contributed by atoms with Gasteiger partial charge in [0.15, 0.2) is 0 Å². The van der Waals surface area contributed by atoms with Crippen molar-refractivity contribution in [2.24, 2.45) is 0 Å². The van der Waals surface area contributed by atoms with Crippen LogP contribution in [0.15, 0.2) is 273 Å². The summed E-state index contributed by atoms with van der Waals surface area (Å²) in [6.07, 6.45) is 5.83. The molecule has 0 unspecified atom stereocenters. The third-order valence-corrected chi connectivity index (χ3v) is 16.6. The maximum absolute atomic E-state index is 7.14. The first kappa shape index (κ1) is 48.2. The van der Waals surface area contributed by atoms with Crippen molar-refractivity contribution >= 4 is 76.5 Å². The van der Waals surface area contributed by atoms with E-state index in [1.807, 2.05) is 12.3 Å². The van der Waals surface area contributed by atoms with Gasteiger partial charge in [-0.2, -0.15) is 0 Å². The minimum atomic E-state index is -0.140. The molecule has 0 saturated carbocycles. The lowest BCUT2D eigenvalue weighted by atomic mass is 9.88. The highest BCUT2D eigenvalue weighted by Crippen LogP contribution is 2.51. The molecular weight excluding hydrogens is 1010 g/mol. The van der Waals surface area contributed by atoms with Crippen molar-refractivity contribution in [2.45, 2.75) is 26.2 Å². The second kappa shape index (κ2) is 18.9. The van der Waals surface area contributed by atoms with Crippen LogP contribution in [0.3, 0.4) is 0 Å². The topological polar surface area (TPSA) is 45.7 Å². The van der Waals surface area contributed by atoms with Crippen LogP contribution in [0.2, 0.25) is 0 Å². The van der Waals surface area contributed by atoms with Gasteiger partial charge in [-0.25, -0.2) is 4.98 Å². The quantitative estimate of drug-likeness (QED) is 0.107. The fourth-order valence-corrected chi connectivity index (χ4v) is 12.9. The average Bonchev–Trinajstić information content (AvgIpc) is 2.10. The van der Waals surface area contributed by atoms with Crippen LogP contribution in [-0.2, 0) is 5.41 Å². The van der Waals surface area contributed by atoms with Gasteiger partial charge in [0.2, 0.25) is 0 Å². The van der Waals surface area contributed by atoms with Crippen LogP contribution in [0.25, 0.3) is 127 Å². The number of para-hydroxylation sites is 7. The lowest BCUT2D eigenvalue weighted by molar-refractivity contribution is -0.572. The number of hydrogen-bond donors (Lipinski definition) is 0. The highest BCUT2D eigenvalue weighted by atomic mass is 16.5. The van der Waals surface area contributed by atoms with E-state index in [2.05, 4.69) is 311 Å². The highest BCUT2D eigenvalue weighted by Gasteiger charge is 2.30. The fourth-order valence-electron chi connectivity index (χ4n) is 12.9. The first-order valence-electron chi connectivity index (χ1n) is 28.4. The molecule has 16 rings (SSSR count). The predicted molar refractivity (Wildman–Crippen MR) is 341 cm³/mol. The Bertz CT molecular complexity index is 5140. The molecule has 0 bridgehead atoms. The summed E-state index contributed by atoms with van der Waals surface area (Å²) in [5, 5.41) is 6.93. The van der Waals surface area contributed by atoms with Gasteiger partial charge >= 0.3 is 0 Å². The number of rotatable bonds is 9. The van der Waals surface area contributed by atoms with Crippen molar-refractivity contribution in [1.82, 2.24) is 23.3 Å². The molecule has 16 aromatic rings. The highest BCUT2D eigenvalue weighted by molar-refractivity contribution is 6.40. The zero-order chi connectivity index (χ0) is 55.3. The Morgan fingerprint density at radius 2 is 0.904 bits per heavy atom. The van der Waals surface area contributed by atoms with E-state index in [4.69, 9.17) is 9.72 Å². The van der Waals surface area contributed by atoms with Crippen LogP contribution >= 0.6 is 0 Å². The largest absolute Gasteiger partial charge is 0.458 e. The molecule has 0 radical (unpaired) electrons. The second-order valence-electron chi connectivity index (χ2n) is 22.5. The van der Waals surface area contributed by atoms with Crippen molar-refractivity contribution in [2.75, 3.05) is 0 Å². The first-order valence-corrected chi connectivity index (χ1v) is 28.4. The number of ether oxygens (including phenoxy) is 1. The van der Waals surface area contributed by atoms with E-state index >= 15 is 0 Å². The van der Waals surface area contributed by atoms with E-state index in [9.17, 15) is 0 Å². The van der Waals surface area contributed by atoms with E-state index in [0.717, 1.165) is 116 Å². The van der Waals surface area contributed by atoms with Crippen LogP contribution in [0.4, 0.5) is 0 Å². The number of aromatic nitrogens is 6. The molecule has 5 heterocycles. The Morgan fingerprint density at radius 1 is 0.410 bits per heavy atom. The summed E-state index contributed by atoms with van der Waals surface area (Å²) in [4.78, 5) is 5.30. The molecule has 7 nitrogen and oxygen atoms in total. The Hall–Kier alpha value is -10.8. The Kier molecular flexibility index (Phi) is 11.0. The molecule has 0 spiro atoms. The van der Waals surface area contributed by atoms with Gasteiger partial charge in [-0.3, -0.25) is 13.7 Å². The summed E-state index contributed by atoms with van der Waals surface area (Å²) >= 11 is 0. The van der Waals surface area contributed by atoms with Gasteiger partial charge in [-0.15, -0.1) is 0 Å². The lowest BCUT2D eigenvalue weighted by Crippen LogP contribution is -2.29. The molecule has 0 amide bonds. The van der Waals surface area contributed by atoms with Gasteiger partial charge in [-0.05, 0) is 112 Å². The van der Waals surface area contributed by atoms with Crippen molar-refractivity contribution in [3.63, 3.8) is 0 Å². The number of imidazole rings is 1. The molecule has 7 heteroatoms. The van der Waals surface area contributed by atoms with E-state index in [1.165, 1.54) is 16.3 Å². The SMILES string of the molecule is CC(C)(C)c1ccnc(-n2c3cc(Oc4cccc(-[n+]5[c-]n(-c6c(-c7ccccc7)cccc6-c6ccccc6)c6ccccc65)c4)ccc3c3c4c(c5ccccc5n4-c4ccccc4)c4c(c5ccccc5n4-c4ccccc4)c32)c1. The minimum Gasteiger partial charge on any atom is -0.458 e. The Labute approximate surface area is 480 Å². The monoisotopic (exact) mass is 1070 g/mol. The van der Waals surface area contributed by atoms with Gasteiger partial charge in [0.25, 0.3) is 6.33 Å². The molecule has 0 aliphatic heterocycles. The molecule has 11 aromatic carbocycles. The van der Waals surface area contributed by atoms with Crippen LogP contribution in [0.5, 0.6) is 11.5 Å². The molecule has 83 heavy (non-hydrogen) atoms. The predicted octanol–water partition coefficient (Wildman–Crippen LogP) is 18.8. The number of benzene rings is 11. The van der Waals surface area contributed by atoms with Crippen molar-refractivity contribution in [3.8, 4) is 62.3 Å². The van der Waals surface area contributed by atoms with Crippen molar-refractivity contribution in [3.05, 3.63) is 285 Å². The van der Waals surface area contributed by atoms with Gasteiger partial charge < -0.3 is 13.9 Å². The van der Waals surface area contributed by atoms with Crippen molar-refractivity contribution in [1.29, 1.82) is 0 Å². The minimum absolute atomic E-state index is 0.140. The van der Waals surface area contributed by atoms with Crippen LogP contribution < -0.4 is 9.30 Å². The lowest BCUT2D eigenvalue weighted by Gasteiger charge is -2.20. The van der Waals surface area contributed by atoms with Gasteiger partial charge in [0.05, 0.1) is 55.5 Å². The molecule has 0 aliphatic rings. The van der Waals surface area contributed by atoms with E-state index < -0.39 is 0 Å². The normalized spacial score (nSPS) is 12.0. The van der Waals surface area contributed by atoms with Gasteiger partial charge in [-0.1, -0.05) is 203 Å². The summed E-state index contributed by atoms with van der Waals surface area (Å²) in [5.41, 5.74) is 18.4. The summed E-state index contributed by atoms with van der Waals surface area (Å²) in [5.74, 6) is 2.24. The average molecular weight is 1070 g/mol. The summed E-state index contributed by atoms with van der Waals surface area (Å²) in [6.45, 7) is 6.81. The molecular formula is C76H54N6O. The fraction of sp³-hybridized carbons (Fsp3) is 0.0526. The third kappa shape index (κ3) is 7.65. The number of hydrogen-bond acceptors (Lipinski definition) is 2. The number of pyridine rings is 1. The molecule has 0 atom stereocenters. The molecule has 5 aromatic heterocycles. The summed E-state index contributed by atoms with van der Waals surface area (Å²) in [7, 11) is 0. The smallest absolute Gasteiger partial charge is 0.269 e. The summed E-state index contributed by atoms with van der Waals surface area (Å²) < 4.78 is 18.9. The van der Waals surface area contributed by atoms with Gasteiger partial charge in [0, 0.05) is 56.0 Å². The van der Waals surface area contributed by atoms with E-state index in [0.29, 0.717) is 11.5 Å².